The first-order chi connectivity index (χ1) is 32.2. The number of fused-ring (bicyclic) bond motifs is 9. The average molecular weight is 832 g/mol. The fourth-order valence-electron chi connectivity index (χ4n) is 10.7. The van der Waals surface area contributed by atoms with Gasteiger partial charge in [-0.1, -0.05) is 182 Å². The number of benzene rings is 10. The summed E-state index contributed by atoms with van der Waals surface area (Å²) in [5.41, 5.74) is 19.8. The summed E-state index contributed by atoms with van der Waals surface area (Å²) in [6.07, 6.45) is 0.886. The molecule has 0 aromatic heterocycles. The minimum absolute atomic E-state index is 0.465. The molecule has 1 heterocycles. The molecule has 3 nitrogen and oxygen atoms in total. The molecule has 10 aromatic carbocycles. The van der Waals surface area contributed by atoms with Crippen molar-refractivity contribution in [3.05, 3.63) is 270 Å². The van der Waals surface area contributed by atoms with Crippen LogP contribution in [0, 0.1) is 0 Å². The topological polar surface area (TPSA) is 21.7 Å². The standard InChI is InChI=1S/C62H41NO2/c1-4-15-41(16-5-1)43-18-14-23-50(38-43)63(51-33-36-57-59(40-51)65-61-58(64-57)35-30-46-37-45-17-10-11-24-52(45)60(46)61)49-31-27-42(28-32-49)44-29-34-54-53-25-12-13-26-55(53)62(56(54)39-44,47-19-6-2-7-20-47)48-21-8-3-9-22-48/h1-36,38-40H,37H2. The molecule has 0 bridgehead atoms. The summed E-state index contributed by atoms with van der Waals surface area (Å²) >= 11 is 0. The first-order valence-corrected chi connectivity index (χ1v) is 22.4. The van der Waals surface area contributed by atoms with E-state index in [4.69, 9.17) is 9.47 Å². The third-order valence-corrected chi connectivity index (χ3v) is 13.6. The van der Waals surface area contributed by atoms with Crippen molar-refractivity contribution in [3.63, 3.8) is 0 Å². The van der Waals surface area contributed by atoms with Gasteiger partial charge in [-0.25, -0.2) is 0 Å². The van der Waals surface area contributed by atoms with Crippen molar-refractivity contribution in [2.45, 2.75) is 11.8 Å². The van der Waals surface area contributed by atoms with E-state index in [-0.39, 0.29) is 0 Å². The molecule has 0 N–H and O–H groups in total. The lowest BCUT2D eigenvalue weighted by molar-refractivity contribution is 0.361. The van der Waals surface area contributed by atoms with Gasteiger partial charge in [0.15, 0.2) is 23.0 Å². The van der Waals surface area contributed by atoms with E-state index in [1.54, 1.807) is 0 Å². The molecule has 0 fully saturated rings. The normalized spacial score (nSPS) is 13.2. The summed E-state index contributed by atoms with van der Waals surface area (Å²) in [7, 11) is 0. The number of hydrogen-bond donors (Lipinski definition) is 0. The molecule has 0 atom stereocenters. The highest BCUT2D eigenvalue weighted by molar-refractivity contribution is 5.90. The van der Waals surface area contributed by atoms with Gasteiger partial charge in [0.05, 0.1) is 11.1 Å². The van der Waals surface area contributed by atoms with Gasteiger partial charge in [0.25, 0.3) is 0 Å². The molecule has 3 heteroatoms. The second kappa shape index (κ2) is 14.9. The zero-order valence-electron chi connectivity index (χ0n) is 35.5. The summed E-state index contributed by atoms with van der Waals surface area (Å²) in [5, 5.41) is 0. The van der Waals surface area contributed by atoms with E-state index in [2.05, 4.69) is 229 Å². The lowest BCUT2D eigenvalue weighted by Crippen LogP contribution is -2.28. The van der Waals surface area contributed by atoms with Crippen molar-refractivity contribution in [1.29, 1.82) is 0 Å². The van der Waals surface area contributed by atoms with E-state index in [0.29, 0.717) is 11.5 Å². The summed E-state index contributed by atoms with van der Waals surface area (Å²) in [6, 6.07) is 85.4. The van der Waals surface area contributed by atoms with Crippen LogP contribution in [-0.2, 0) is 11.8 Å². The van der Waals surface area contributed by atoms with Crippen molar-refractivity contribution in [1.82, 2.24) is 0 Å². The number of ether oxygens (including phenoxy) is 2. The number of hydrogen-bond acceptors (Lipinski definition) is 3. The van der Waals surface area contributed by atoms with Gasteiger partial charge in [0.1, 0.15) is 0 Å². The molecule has 2 aliphatic carbocycles. The molecular weight excluding hydrogens is 791 g/mol. The van der Waals surface area contributed by atoms with E-state index in [9.17, 15) is 0 Å². The van der Waals surface area contributed by atoms with E-state index < -0.39 is 5.41 Å². The predicted molar refractivity (Wildman–Crippen MR) is 264 cm³/mol. The SMILES string of the molecule is c1ccc(-c2cccc(N(c3ccc(-c4ccc5c(c4)C(c4ccccc4)(c4ccccc4)c4ccccc4-5)cc3)c3ccc4c(c3)Oc3c(ccc5c3-c3ccccc3C5)O4)c2)cc1. The third kappa shape index (κ3) is 5.90. The molecule has 0 saturated heterocycles. The summed E-state index contributed by atoms with van der Waals surface area (Å²) in [6.45, 7) is 0. The zero-order chi connectivity index (χ0) is 42.9. The Hall–Kier alpha value is -8.40. The van der Waals surface area contributed by atoms with Crippen LogP contribution in [-0.4, -0.2) is 0 Å². The summed E-state index contributed by atoms with van der Waals surface area (Å²) in [4.78, 5) is 2.31. The van der Waals surface area contributed by atoms with Crippen molar-refractivity contribution in [2.75, 3.05) is 4.90 Å². The third-order valence-electron chi connectivity index (χ3n) is 13.6. The van der Waals surface area contributed by atoms with Crippen LogP contribution in [0.15, 0.2) is 237 Å². The average Bonchev–Trinajstić information content (AvgIpc) is 3.91. The van der Waals surface area contributed by atoms with Crippen LogP contribution >= 0.6 is 0 Å². The van der Waals surface area contributed by atoms with Crippen LogP contribution in [0.5, 0.6) is 23.0 Å². The molecule has 306 valence electrons. The zero-order valence-corrected chi connectivity index (χ0v) is 35.5. The van der Waals surface area contributed by atoms with Gasteiger partial charge >= 0.3 is 0 Å². The van der Waals surface area contributed by atoms with Gasteiger partial charge in [0.2, 0.25) is 0 Å². The number of rotatable bonds is 7. The van der Waals surface area contributed by atoms with Gasteiger partial charge in [0, 0.05) is 23.0 Å². The maximum Gasteiger partial charge on any atom is 0.178 e. The predicted octanol–water partition coefficient (Wildman–Crippen LogP) is 16.3. The molecule has 13 rings (SSSR count). The van der Waals surface area contributed by atoms with Crippen molar-refractivity contribution >= 4 is 17.1 Å². The lowest BCUT2D eigenvalue weighted by Gasteiger charge is -2.34. The van der Waals surface area contributed by atoms with Crippen molar-refractivity contribution in [3.8, 4) is 67.5 Å². The first kappa shape index (κ1) is 37.2. The maximum atomic E-state index is 6.90. The Labute approximate surface area is 379 Å². The van der Waals surface area contributed by atoms with Crippen molar-refractivity contribution < 1.29 is 9.47 Å². The van der Waals surface area contributed by atoms with E-state index in [0.717, 1.165) is 51.7 Å². The monoisotopic (exact) mass is 831 g/mol. The van der Waals surface area contributed by atoms with Crippen LogP contribution < -0.4 is 14.4 Å². The highest BCUT2D eigenvalue weighted by Crippen LogP contribution is 2.58. The Kier molecular flexibility index (Phi) is 8.50. The first-order valence-electron chi connectivity index (χ1n) is 22.4. The summed E-state index contributed by atoms with van der Waals surface area (Å²) < 4.78 is 13.5. The fourth-order valence-corrected chi connectivity index (χ4v) is 10.7. The fraction of sp³-hybridized carbons (Fsp3) is 0.0323. The Morgan fingerprint density at radius 1 is 0.338 bits per heavy atom. The van der Waals surface area contributed by atoms with Crippen LogP contribution in [0.3, 0.4) is 0 Å². The van der Waals surface area contributed by atoms with Crippen LogP contribution in [0.2, 0.25) is 0 Å². The highest BCUT2D eigenvalue weighted by Gasteiger charge is 2.46. The Morgan fingerprint density at radius 3 is 1.71 bits per heavy atom. The molecule has 65 heavy (non-hydrogen) atoms. The van der Waals surface area contributed by atoms with Crippen LogP contribution in [0.25, 0.3) is 44.5 Å². The molecule has 0 spiro atoms. The maximum absolute atomic E-state index is 6.90. The smallest absolute Gasteiger partial charge is 0.178 e. The van der Waals surface area contributed by atoms with E-state index >= 15 is 0 Å². The molecule has 0 unspecified atom stereocenters. The molecule has 0 radical (unpaired) electrons. The quantitative estimate of drug-likeness (QED) is 0.160. The van der Waals surface area contributed by atoms with E-state index in [1.807, 2.05) is 12.1 Å². The molecule has 3 aliphatic rings. The molecule has 1 aliphatic heterocycles. The van der Waals surface area contributed by atoms with Gasteiger partial charge in [-0.3, -0.25) is 0 Å². The van der Waals surface area contributed by atoms with Gasteiger partial charge in [-0.15, -0.1) is 0 Å². The van der Waals surface area contributed by atoms with Gasteiger partial charge in [-0.2, -0.15) is 0 Å². The van der Waals surface area contributed by atoms with Crippen molar-refractivity contribution in [2.24, 2.45) is 0 Å². The molecule has 0 amide bonds. The number of nitrogens with zero attached hydrogens (tertiary/aromatic N) is 1. The van der Waals surface area contributed by atoms with E-state index in [1.165, 1.54) is 61.2 Å². The Morgan fingerprint density at radius 2 is 0.923 bits per heavy atom. The largest absolute Gasteiger partial charge is 0.449 e. The molecular formula is C62H41NO2. The minimum atomic E-state index is -0.465. The second-order valence-corrected chi connectivity index (χ2v) is 17.2. The Balaban J connectivity index is 0.922. The van der Waals surface area contributed by atoms with Gasteiger partial charge in [-0.05, 0) is 127 Å². The lowest BCUT2D eigenvalue weighted by atomic mass is 9.67. The van der Waals surface area contributed by atoms with Crippen LogP contribution in [0.4, 0.5) is 17.1 Å². The highest BCUT2D eigenvalue weighted by atomic mass is 16.6. The summed E-state index contributed by atoms with van der Waals surface area (Å²) in [5.74, 6) is 2.90. The molecule has 0 saturated carbocycles. The minimum Gasteiger partial charge on any atom is -0.449 e. The second-order valence-electron chi connectivity index (χ2n) is 17.2. The Bertz CT molecular complexity index is 3410. The van der Waals surface area contributed by atoms with Crippen LogP contribution in [0.1, 0.15) is 33.4 Å². The van der Waals surface area contributed by atoms with Gasteiger partial charge < -0.3 is 14.4 Å². The molecule has 10 aromatic rings. The number of anilines is 3.